The van der Waals surface area contributed by atoms with Crippen LogP contribution in [0.4, 0.5) is 0 Å². The molecular weight excluding hydrogens is 327 g/mol. The molecule has 2 aromatic rings. The average molecular weight is 339 g/mol. The van der Waals surface area contributed by atoms with Gasteiger partial charge in [-0.1, -0.05) is 23.2 Å². The van der Waals surface area contributed by atoms with Crippen LogP contribution in [0, 0.1) is 0 Å². The lowest BCUT2D eigenvalue weighted by atomic mass is 10.2. The predicted molar refractivity (Wildman–Crippen MR) is 82.2 cm³/mol. The van der Waals surface area contributed by atoms with Gasteiger partial charge in [0.2, 0.25) is 5.91 Å². The molecule has 1 aromatic carbocycles. The van der Waals surface area contributed by atoms with Crippen LogP contribution in [0.1, 0.15) is 23.3 Å². The fourth-order valence-corrected chi connectivity index (χ4v) is 2.58. The van der Waals surface area contributed by atoms with Gasteiger partial charge in [0.1, 0.15) is 5.54 Å². The largest absolute Gasteiger partial charge is 0.368 e. The van der Waals surface area contributed by atoms with E-state index in [2.05, 4.69) is 10.4 Å². The van der Waals surface area contributed by atoms with E-state index in [1.165, 1.54) is 10.7 Å². The van der Waals surface area contributed by atoms with Crippen LogP contribution < -0.4 is 11.1 Å². The van der Waals surface area contributed by atoms with E-state index in [-0.39, 0.29) is 5.69 Å². The summed E-state index contributed by atoms with van der Waals surface area (Å²) in [6, 6.07) is 6.51. The Labute approximate surface area is 136 Å². The number of nitrogens with one attached hydrogen (secondary N) is 1. The monoisotopic (exact) mass is 338 g/mol. The smallest absolute Gasteiger partial charge is 0.272 e. The molecule has 1 aliphatic carbocycles. The Morgan fingerprint density at radius 3 is 2.59 bits per heavy atom. The Kier molecular flexibility index (Phi) is 3.58. The molecule has 0 radical (unpaired) electrons. The minimum Gasteiger partial charge on any atom is -0.368 e. The Hall–Kier alpha value is -2.05. The zero-order valence-corrected chi connectivity index (χ0v) is 12.9. The summed E-state index contributed by atoms with van der Waals surface area (Å²) < 4.78 is 1.47. The van der Waals surface area contributed by atoms with E-state index >= 15 is 0 Å². The minimum absolute atomic E-state index is 0.179. The number of aromatic nitrogens is 2. The van der Waals surface area contributed by atoms with E-state index in [1.54, 1.807) is 24.4 Å². The van der Waals surface area contributed by atoms with Gasteiger partial charge >= 0.3 is 0 Å². The molecule has 0 bridgehead atoms. The maximum atomic E-state index is 12.1. The van der Waals surface area contributed by atoms with Gasteiger partial charge in [-0.3, -0.25) is 9.59 Å². The molecule has 3 N–H and O–H groups in total. The first-order valence-corrected chi connectivity index (χ1v) is 7.30. The molecule has 22 heavy (non-hydrogen) atoms. The number of carbonyl (C=O) groups is 2. The third-order valence-electron chi connectivity index (χ3n) is 3.55. The summed E-state index contributed by atoms with van der Waals surface area (Å²) in [5, 5.41) is 7.72. The van der Waals surface area contributed by atoms with Crippen molar-refractivity contribution in [3.63, 3.8) is 0 Å². The lowest BCUT2D eigenvalue weighted by molar-refractivity contribution is -0.120. The van der Waals surface area contributed by atoms with Crippen LogP contribution in [-0.4, -0.2) is 27.1 Å². The number of primary amides is 1. The van der Waals surface area contributed by atoms with Gasteiger partial charge in [0.25, 0.3) is 5.91 Å². The van der Waals surface area contributed by atoms with E-state index in [0.717, 1.165) is 0 Å². The quantitative estimate of drug-likeness (QED) is 0.892. The second-order valence-corrected chi connectivity index (χ2v) is 5.99. The van der Waals surface area contributed by atoms with E-state index in [0.29, 0.717) is 28.6 Å². The molecule has 114 valence electrons. The van der Waals surface area contributed by atoms with Gasteiger partial charge in [-0.2, -0.15) is 5.10 Å². The Morgan fingerprint density at radius 1 is 1.27 bits per heavy atom. The van der Waals surface area contributed by atoms with E-state index in [1.807, 2.05) is 0 Å². The molecule has 1 aliphatic rings. The maximum Gasteiger partial charge on any atom is 0.272 e. The van der Waals surface area contributed by atoms with E-state index in [4.69, 9.17) is 28.9 Å². The van der Waals surface area contributed by atoms with Crippen LogP contribution >= 0.6 is 23.2 Å². The van der Waals surface area contributed by atoms with Gasteiger partial charge in [0, 0.05) is 11.2 Å². The van der Waals surface area contributed by atoms with Crippen LogP contribution in [0.25, 0.3) is 5.69 Å². The molecule has 6 nitrogen and oxygen atoms in total. The highest BCUT2D eigenvalue weighted by molar-refractivity contribution is 6.35. The summed E-state index contributed by atoms with van der Waals surface area (Å²) >= 11 is 12.0. The molecule has 1 heterocycles. The maximum absolute atomic E-state index is 12.1. The molecule has 0 aliphatic heterocycles. The number of amides is 2. The van der Waals surface area contributed by atoms with Crippen molar-refractivity contribution in [3.8, 4) is 5.69 Å². The highest BCUT2D eigenvalue weighted by Crippen LogP contribution is 2.35. The molecule has 1 aromatic heterocycles. The zero-order valence-electron chi connectivity index (χ0n) is 11.3. The van der Waals surface area contributed by atoms with Crippen molar-refractivity contribution >= 4 is 35.0 Å². The SMILES string of the molecule is NC(=O)C1(NC(=O)c2ccn(-c3ccc(Cl)cc3Cl)n2)CC1. The van der Waals surface area contributed by atoms with Gasteiger partial charge in [0.15, 0.2) is 5.69 Å². The van der Waals surface area contributed by atoms with Gasteiger partial charge in [-0.15, -0.1) is 0 Å². The van der Waals surface area contributed by atoms with Gasteiger partial charge in [-0.25, -0.2) is 4.68 Å². The summed E-state index contributed by atoms with van der Waals surface area (Å²) in [6.07, 6.45) is 2.71. The van der Waals surface area contributed by atoms with Crippen molar-refractivity contribution in [2.24, 2.45) is 5.73 Å². The lowest BCUT2D eigenvalue weighted by Gasteiger charge is -2.11. The standard InChI is InChI=1S/C14H12Cl2N4O2/c15-8-1-2-11(9(16)7-8)20-6-3-10(19-20)12(21)18-14(4-5-14)13(17)22/h1-3,6-7H,4-5H2,(H2,17,22)(H,18,21). The first-order chi connectivity index (χ1) is 10.4. The highest BCUT2D eigenvalue weighted by atomic mass is 35.5. The first-order valence-electron chi connectivity index (χ1n) is 6.55. The number of nitrogens with two attached hydrogens (primary N) is 1. The molecule has 1 saturated carbocycles. The summed E-state index contributed by atoms with van der Waals surface area (Å²) in [7, 11) is 0. The van der Waals surface area contributed by atoms with E-state index in [9.17, 15) is 9.59 Å². The molecule has 2 amide bonds. The molecule has 1 fully saturated rings. The topological polar surface area (TPSA) is 90.0 Å². The Bertz CT molecular complexity index is 768. The molecule has 0 unspecified atom stereocenters. The Balaban J connectivity index is 1.82. The minimum atomic E-state index is -0.918. The summed E-state index contributed by atoms with van der Waals surface area (Å²) in [5.41, 5.74) is 5.14. The van der Waals surface area contributed by atoms with Crippen LogP contribution in [0.2, 0.25) is 10.0 Å². The summed E-state index contributed by atoms with van der Waals surface area (Å²) in [4.78, 5) is 23.4. The molecule has 0 atom stereocenters. The second kappa shape index (κ2) is 5.30. The number of hydrogen-bond donors (Lipinski definition) is 2. The van der Waals surface area contributed by atoms with Crippen LogP contribution in [0.3, 0.4) is 0 Å². The summed E-state index contributed by atoms with van der Waals surface area (Å²) in [5.74, 6) is -0.971. The number of rotatable bonds is 4. The molecule has 3 rings (SSSR count). The van der Waals surface area contributed by atoms with Crippen molar-refractivity contribution in [2.75, 3.05) is 0 Å². The molecule has 0 spiro atoms. The number of nitrogens with zero attached hydrogens (tertiary/aromatic N) is 2. The van der Waals surface area contributed by atoms with Crippen LogP contribution in [0.15, 0.2) is 30.5 Å². The van der Waals surface area contributed by atoms with E-state index < -0.39 is 17.4 Å². The van der Waals surface area contributed by atoms with Crippen molar-refractivity contribution in [1.82, 2.24) is 15.1 Å². The van der Waals surface area contributed by atoms with Crippen molar-refractivity contribution in [1.29, 1.82) is 0 Å². The number of hydrogen-bond acceptors (Lipinski definition) is 3. The van der Waals surface area contributed by atoms with Gasteiger partial charge in [0.05, 0.1) is 10.7 Å². The molecular formula is C14H12Cl2N4O2. The highest BCUT2D eigenvalue weighted by Gasteiger charge is 2.50. The normalized spacial score (nSPS) is 15.4. The Morgan fingerprint density at radius 2 is 2.00 bits per heavy atom. The van der Waals surface area contributed by atoms with Crippen molar-refractivity contribution in [3.05, 3.63) is 46.2 Å². The summed E-state index contributed by atoms with van der Waals surface area (Å²) in [6.45, 7) is 0. The van der Waals surface area contributed by atoms with Crippen LogP contribution in [-0.2, 0) is 4.79 Å². The fourth-order valence-electron chi connectivity index (χ4n) is 2.09. The predicted octanol–water partition coefficient (Wildman–Crippen LogP) is 1.93. The molecule has 0 saturated heterocycles. The third kappa shape index (κ3) is 2.67. The fraction of sp³-hybridized carbons (Fsp3) is 0.214. The first kappa shape index (κ1) is 14.9. The van der Waals surface area contributed by atoms with Crippen molar-refractivity contribution in [2.45, 2.75) is 18.4 Å². The number of benzene rings is 1. The molecule has 8 heteroatoms. The van der Waals surface area contributed by atoms with Gasteiger partial charge < -0.3 is 11.1 Å². The number of carbonyl (C=O) groups excluding carboxylic acids is 2. The van der Waals surface area contributed by atoms with Crippen LogP contribution in [0.5, 0.6) is 0 Å². The average Bonchev–Trinajstić information content (AvgIpc) is 3.07. The third-order valence-corrected chi connectivity index (χ3v) is 4.09. The number of halogens is 2. The lowest BCUT2D eigenvalue weighted by Crippen LogP contribution is -2.46. The van der Waals surface area contributed by atoms with Gasteiger partial charge in [-0.05, 0) is 37.1 Å². The zero-order chi connectivity index (χ0) is 15.9. The second-order valence-electron chi connectivity index (χ2n) is 5.14. The van der Waals surface area contributed by atoms with Crippen molar-refractivity contribution < 1.29 is 9.59 Å².